The Labute approximate surface area is 115 Å². The van der Waals surface area contributed by atoms with Gasteiger partial charge >= 0.3 is 0 Å². The molecule has 0 amide bonds. The van der Waals surface area contributed by atoms with Gasteiger partial charge in [-0.1, -0.05) is 32.5 Å². The molecule has 94 valence electrons. The molecule has 0 saturated heterocycles. The maximum absolute atomic E-state index is 12.0. The van der Waals surface area contributed by atoms with E-state index in [2.05, 4.69) is 20.3 Å². The van der Waals surface area contributed by atoms with E-state index in [-0.39, 0.29) is 4.75 Å². The number of halogens is 1. The van der Waals surface area contributed by atoms with Gasteiger partial charge < -0.3 is 4.55 Å². The van der Waals surface area contributed by atoms with E-state index in [1.807, 2.05) is 52.8 Å². The van der Waals surface area contributed by atoms with Crippen LogP contribution in [0.1, 0.15) is 38.8 Å². The van der Waals surface area contributed by atoms with Crippen LogP contribution in [0, 0.1) is 6.92 Å². The van der Waals surface area contributed by atoms with Crippen LogP contribution < -0.4 is 0 Å². The van der Waals surface area contributed by atoms with Gasteiger partial charge in [0.2, 0.25) is 0 Å². The van der Waals surface area contributed by atoms with E-state index in [1.54, 1.807) is 0 Å². The van der Waals surface area contributed by atoms with Gasteiger partial charge in [-0.15, -0.1) is 0 Å². The Kier molecular flexibility index (Phi) is 4.81. The van der Waals surface area contributed by atoms with Crippen molar-refractivity contribution < 1.29 is 4.55 Å². The van der Waals surface area contributed by atoms with Crippen LogP contribution >= 0.6 is 15.9 Å². The molecule has 0 aliphatic carbocycles. The van der Waals surface area contributed by atoms with Crippen molar-refractivity contribution in [2.75, 3.05) is 0 Å². The number of hydrogen-bond donors (Lipinski definition) is 0. The zero-order valence-corrected chi connectivity index (χ0v) is 13.3. The molecule has 0 saturated carbocycles. The lowest BCUT2D eigenvalue weighted by atomic mass is 10.1. The Bertz CT molecular complexity index is 438. The number of rotatable bonds is 2. The summed E-state index contributed by atoms with van der Waals surface area (Å²) in [5.74, 6) is 0. The monoisotopic (exact) mass is 315 g/mol. The standard InChI is InChI=1S/C13H18BrNOS/c1-9-11(7-6-8-12(9)14)10(2)15-17(16)13(3,4)5/h6-8H,1-5H3/b15-10+. The Morgan fingerprint density at radius 3 is 2.47 bits per heavy atom. The second-order valence-electron chi connectivity index (χ2n) is 4.95. The lowest BCUT2D eigenvalue weighted by molar-refractivity contribution is 0.561. The highest BCUT2D eigenvalue weighted by Gasteiger charge is 2.27. The molecule has 1 rings (SSSR count). The summed E-state index contributed by atoms with van der Waals surface area (Å²) in [5.41, 5.74) is 2.98. The Morgan fingerprint density at radius 2 is 1.94 bits per heavy atom. The van der Waals surface area contributed by atoms with Crippen LogP contribution in [0.4, 0.5) is 0 Å². The summed E-state index contributed by atoms with van der Waals surface area (Å²) in [6.07, 6.45) is 0. The molecule has 0 fully saturated rings. The predicted molar refractivity (Wildman–Crippen MR) is 79.0 cm³/mol. The zero-order valence-electron chi connectivity index (χ0n) is 10.9. The average molecular weight is 316 g/mol. The SMILES string of the molecule is C/C(=N\[S+]([O-])C(C)(C)C)c1cccc(Br)c1C. The molecule has 0 N–H and O–H groups in total. The van der Waals surface area contributed by atoms with Crippen molar-refractivity contribution in [1.82, 2.24) is 0 Å². The predicted octanol–water partition coefficient (Wildman–Crippen LogP) is 4.03. The smallest absolute Gasteiger partial charge is 0.144 e. The van der Waals surface area contributed by atoms with E-state index < -0.39 is 11.4 Å². The second kappa shape index (κ2) is 5.55. The van der Waals surface area contributed by atoms with E-state index in [1.165, 1.54) is 0 Å². The number of hydrogen-bond acceptors (Lipinski definition) is 2. The van der Waals surface area contributed by atoms with Gasteiger partial charge in [-0.3, -0.25) is 0 Å². The van der Waals surface area contributed by atoms with Crippen LogP contribution in [0.3, 0.4) is 0 Å². The Balaban J connectivity index is 3.09. The topological polar surface area (TPSA) is 35.4 Å². The highest BCUT2D eigenvalue weighted by atomic mass is 79.9. The first-order valence-corrected chi connectivity index (χ1v) is 7.36. The molecular weight excluding hydrogens is 298 g/mol. The molecule has 0 aliphatic rings. The fourth-order valence-corrected chi connectivity index (χ4v) is 2.30. The molecule has 0 spiro atoms. The van der Waals surface area contributed by atoms with Crippen molar-refractivity contribution in [3.8, 4) is 0 Å². The molecule has 1 aromatic carbocycles. The summed E-state index contributed by atoms with van der Waals surface area (Å²) in [5, 5.41) is 0. The maximum Gasteiger partial charge on any atom is 0.144 e. The molecular formula is C13H18BrNOS. The second-order valence-corrected chi connectivity index (χ2v) is 7.71. The average Bonchev–Trinajstić information content (AvgIpc) is 2.20. The van der Waals surface area contributed by atoms with Crippen LogP contribution in [0.5, 0.6) is 0 Å². The fraction of sp³-hybridized carbons (Fsp3) is 0.462. The van der Waals surface area contributed by atoms with Crippen LogP contribution in [-0.4, -0.2) is 15.0 Å². The molecule has 0 aromatic heterocycles. The normalized spacial score (nSPS) is 14.9. The molecule has 2 nitrogen and oxygen atoms in total. The summed E-state index contributed by atoms with van der Waals surface area (Å²) in [6, 6.07) is 5.96. The van der Waals surface area contributed by atoms with Crippen LogP contribution in [0.2, 0.25) is 0 Å². The van der Waals surface area contributed by atoms with E-state index in [9.17, 15) is 4.55 Å². The van der Waals surface area contributed by atoms with E-state index >= 15 is 0 Å². The van der Waals surface area contributed by atoms with E-state index in [0.29, 0.717) is 0 Å². The molecule has 0 bridgehead atoms. The Hall–Kier alpha value is -0.320. The molecule has 0 radical (unpaired) electrons. The van der Waals surface area contributed by atoms with Gasteiger partial charge in [-0.2, -0.15) is 0 Å². The van der Waals surface area contributed by atoms with Crippen molar-refractivity contribution in [1.29, 1.82) is 0 Å². The van der Waals surface area contributed by atoms with E-state index in [0.717, 1.165) is 21.3 Å². The minimum absolute atomic E-state index is 0.318. The Morgan fingerprint density at radius 1 is 1.35 bits per heavy atom. The third-order valence-electron chi connectivity index (χ3n) is 2.40. The van der Waals surface area contributed by atoms with Gasteiger partial charge in [-0.25, -0.2) is 0 Å². The number of benzene rings is 1. The van der Waals surface area contributed by atoms with Gasteiger partial charge in [0.15, 0.2) is 0 Å². The van der Waals surface area contributed by atoms with E-state index in [4.69, 9.17) is 0 Å². The highest BCUT2D eigenvalue weighted by molar-refractivity contribution is 9.10. The van der Waals surface area contributed by atoms with Gasteiger partial charge in [0, 0.05) is 10.0 Å². The van der Waals surface area contributed by atoms with Crippen molar-refractivity contribution in [3.63, 3.8) is 0 Å². The first-order valence-electron chi connectivity index (χ1n) is 5.46. The van der Waals surface area contributed by atoms with Crippen molar-refractivity contribution in [2.24, 2.45) is 4.40 Å². The van der Waals surface area contributed by atoms with Crippen molar-refractivity contribution >= 4 is 33.0 Å². The summed E-state index contributed by atoms with van der Waals surface area (Å²) in [4.78, 5) is 0. The third-order valence-corrected chi connectivity index (χ3v) is 4.75. The summed E-state index contributed by atoms with van der Waals surface area (Å²) in [6.45, 7) is 9.70. The first-order chi connectivity index (χ1) is 7.73. The fourth-order valence-electron chi connectivity index (χ4n) is 1.31. The van der Waals surface area contributed by atoms with Crippen LogP contribution in [0.15, 0.2) is 27.1 Å². The number of nitrogens with zero attached hydrogens (tertiary/aromatic N) is 1. The van der Waals surface area contributed by atoms with Crippen molar-refractivity contribution in [2.45, 2.75) is 39.4 Å². The third kappa shape index (κ3) is 3.83. The maximum atomic E-state index is 12.0. The molecule has 1 aromatic rings. The quantitative estimate of drug-likeness (QED) is 0.599. The minimum Gasteiger partial charge on any atom is -0.591 e. The van der Waals surface area contributed by atoms with Crippen molar-refractivity contribution in [3.05, 3.63) is 33.8 Å². The molecule has 17 heavy (non-hydrogen) atoms. The lowest BCUT2D eigenvalue weighted by Gasteiger charge is -2.19. The first kappa shape index (κ1) is 14.7. The molecule has 1 atom stereocenters. The lowest BCUT2D eigenvalue weighted by Crippen LogP contribution is -2.26. The summed E-state index contributed by atoms with van der Waals surface area (Å²) in [7, 11) is 0. The zero-order chi connectivity index (χ0) is 13.2. The van der Waals surface area contributed by atoms with Crippen LogP contribution in [0.25, 0.3) is 0 Å². The largest absolute Gasteiger partial charge is 0.591 e. The van der Waals surface area contributed by atoms with Crippen LogP contribution in [-0.2, 0) is 11.4 Å². The van der Waals surface area contributed by atoms with Gasteiger partial charge in [0.25, 0.3) is 0 Å². The molecule has 4 heteroatoms. The van der Waals surface area contributed by atoms with Gasteiger partial charge in [0.05, 0.1) is 5.71 Å². The molecule has 0 aliphatic heterocycles. The van der Waals surface area contributed by atoms with Gasteiger partial charge in [0.1, 0.15) is 16.1 Å². The molecule has 0 heterocycles. The highest BCUT2D eigenvalue weighted by Crippen LogP contribution is 2.22. The summed E-state index contributed by atoms with van der Waals surface area (Å²) >= 11 is 2.28. The summed E-state index contributed by atoms with van der Waals surface area (Å²) < 4.78 is 17.0. The van der Waals surface area contributed by atoms with Gasteiger partial charge in [-0.05, 0) is 46.2 Å². The minimum atomic E-state index is -1.21. The molecule has 1 unspecified atom stereocenters.